The summed E-state index contributed by atoms with van der Waals surface area (Å²) in [4.78, 5) is 10.4. The highest BCUT2D eigenvalue weighted by Crippen LogP contribution is 2.17. The van der Waals surface area contributed by atoms with E-state index in [-0.39, 0.29) is 5.82 Å². The highest BCUT2D eigenvalue weighted by atomic mass is 19.4. The van der Waals surface area contributed by atoms with Crippen LogP contribution in [-0.2, 0) is 11.8 Å². The molecule has 1 amide bonds. The van der Waals surface area contributed by atoms with Gasteiger partial charge in [-0.2, -0.15) is 18.3 Å². The first kappa shape index (κ1) is 9.56. The zero-order chi connectivity index (χ0) is 10.1. The summed E-state index contributed by atoms with van der Waals surface area (Å²) in [6, 6.07) is 1.27. The van der Waals surface area contributed by atoms with Crippen LogP contribution in [0.15, 0.2) is 12.3 Å². The number of hydrogen-bond acceptors (Lipinski definition) is 2. The second kappa shape index (κ2) is 3.08. The number of aryl methyl sites for hydroxylation is 1. The van der Waals surface area contributed by atoms with E-state index >= 15 is 0 Å². The Kier molecular flexibility index (Phi) is 2.26. The van der Waals surface area contributed by atoms with Crippen LogP contribution in [0, 0.1) is 0 Å². The number of aromatic nitrogens is 2. The molecule has 13 heavy (non-hydrogen) atoms. The number of amides is 1. The Morgan fingerprint density at radius 2 is 2.23 bits per heavy atom. The van der Waals surface area contributed by atoms with Gasteiger partial charge >= 0.3 is 12.1 Å². The van der Waals surface area contributed by atoms with Crippen LogP contribution in [0.1, 0.15) is 0 Å². The van der Waals surface area contributed by atoms with E-state index in [1.807, 2.05) is 0 Å². The van der Waals surface area contributed by atoms with Crippen LogP contribution in [0.4, 0.5) is 19.0 Å². The van der Waals surface area contributed by atoms with Crippen molar-refractivity contribution in [2.24, 2.45) is 7.05 Å². The van der Waals surface area contributed by atoms with Gasteiger partial charge in [0.25, 0.3) is 0 Å². The van der Waals surface area contributed by atoms with Crippen molar-refractivity contribution >= 4 is 11.7 Å². The first-order valence-electron chi connectivity index (χ1n) is 3.27. The van der Waals surface area contributed by atoms with Gasteiger partial charge < -0.3 is 5.32 Å². The Morgan fingerprint density at radius 1 is 1.62 bits per heavy atom. The van der Waals surface area contributed by atoms with E-state index in [0.717, 1.165) is 4.68 Å². The summed E-state index contributed by atoms with van der Waals surface area (Å²) in [6.45, 7) is 0. The maximum Gasteiger partial charge on any atom is 0.471 e. The third kappa shape index (κ3) is 2.20. The summed E-state index contributed by atoms with van der Waals surface area (Å²) in [5.41, 5.74) is 0. The number of nitrogens with zero attached hydrogens (tertiary/aromatic N) is 2. The van der Waals surface area contributed by atoms with Gasteiger partial charge in [0.1, 0.15) is 5.82 Å². The normalized spacial score (nSPS) is 11.4. The number of carbonyl (C=O) groups is 1. The van der Waals surface area contributed by atoms with Gasteiger partial charge in [-0.3, -0.25) is 9.48 Å². The lowest BCUT2D eigenvalue weighted by Crippen LogP contribution is -2.30. The Balaban J connectivity index is 2.71. The summed E-state index contributed by atoms with van der Waals surface area (Å²) < 4.78 is 36.3. The second-order valence-corrected chi connectivity index (χ2v) is 2.29. The van der Waals surface area contributed by atoms with Gasteiger partial charge in [-0.1, -0.05) is 0 Å². The number of alkyl halides is 3. The highest BCUT2D eigenvalue weighted by molar-refractivity contribution is 5.94. The van der Waals surface area contributed by atoms with Gasteiger partial charge in [0.2, 0.25) is 0 Å². The molecule has 0 aliphatic rings. The fraction of sp³-hybridized carbons (Fsp3) is 0.333. The van der Waals surface area contributed by atoms with Crippen molar-refractivity contribution < 1.29 is 18.0 Å². The molecule has 1 N–H and O–H groups in total. The van der Waals surface area contributed by atoms with E-state index in [2.05, 4.69) is 5.10 Å². The zero-order valence-corrected chi connectivity index (χ0v) is 6.59. The maximum absolute atomic E-state index is 11.7. The summed E-state index contributed by atoms with van der Waals surface area (Å²) in [6.07, 6.45) is -3.59. The van der Waals surface area contributed by atoms with E-state index in [1.54, 1.807) is 5.32 Å². The molecule has 72 valence electrons. The predicted octanol–water partition coefficient (Wildman–Crippen LogP) is 0.921. The van der Waals surface area contributed by atoms with Gasteiger partial charge in [0.05, 0.1) is 6.20 Å². The average Bonchev–Trinajstić information content (AvgIpc) is 2.34. The minimum atomic E-state index is -4.87. The van der Waals surface area contributed by atoms with Crippen LogP contribution in [0.3, 0.4) is 0 Å². The summed E-state index contributed by atoms with van der Waals surface area (Å²) in [5, 5.41) is 5.25. The smallest absolute Gasteiger partial charge is 0.303 e. The Labute approximate surface area is 71.3 Å². The molecule has 0 spiro atoms. The molecule has 0 saturated heterocycles. The molecule has 0 fully saturated rings. The molecular weight excluding hydrogens is 187 g/mol. The van der Waals surface area contributed by atoms with Gasteiger partial charge in [0.15, 0.2) is 0 Å². The molecule has 0 radical (unpaired) electrons. The van der Waals surface area contributed by atoms with Crippen molar-refractivity contribution in [1.29, 1.82) is 0 Å². The molecule has 4 nitrogen and oxygen atoms in total. The van der Waals surface area contributed by atoms with Crippen molar-refractivity contribution in [3.05, 3.63) is 12.3 Å². The Morgan fingerprint density at radius 3 is 2.62 bits per heavy atom. The SMILES string of the molecule is Cn1nccc1NC(=O)C(F)(F)F. The molecule has 1 heterocycles. The van der Waals surface area contributed by atoms with Crippen molar-refractivity contribution in [1.82, 2.24) is 9.78 Å². The van der Waals surface area contributed by atoms with Crippen molar-refractivity contribution in [3.8, 4) is 0 Å². The summed E-state index contributed by atoms with van der Waals surface area (Å²) >= 11 is 0. The van der Waals surface area contributed by atoms with Gasteiger partial charge in [-0.25, -0.2) is 0 Å². The lowest BCUT2D eigenvalue weighted by Gasteiger charge is -2.06. The maximum atomic E-state index is 11.7. The third-order valence-corrected chi connectivity index (χ3v) is 1.32. The van der Waals surface area contributed by atoms with Crippen molar-refractivity contribution in [2.75, 3.05) is 5.32 Å². The molecule has 0 aromatic carbocycles. The van der Waals surface area contributed by atoms with Crippen LogP contribution < -0.4 is 5.32 Å². The number of carbonyl (C=O) groups excluding carboxylic acids is 1. The van der Waals surface area contributed by atoms with Gasteiger partial charge in [-0.15, -0.1) is 0 Å². The molecular formula is C6H6F3N3O. The average molecular weight is 193 g/mol. The van der Waals surface area contributed by atoms with E-state index in [1.165, 1.54) is 19.3 Å². The predicted molar refractivity (Wildman–Crippen MR) is 37.9 cm³/mol. The first-order chi connectivity index (χ1) is 5.91. The quantitative estimate of drug-likeness (QED) is 0.720. The molecule has 0 aliphatic carbocycles. The summed E-state index contributed by atoms with van der Waals surface area (Å²) in [7, 11) is 1.42. The van der Waals surface area contributed by atoms with Gasteiger partial charge in [0, 0.05) is 13.1 Å². The Bertz CT molecular complexity index is 317. The molecule has 0 unspecified atom stereocenters. The monoisotopic (exact) mass is 193 g/mol. The Hall–Kier alpha value is -1.53. The first-order valence-corrected chi connectivity index (χ1v) is 3.27. The van der Waals surface area contributed by atoms with Crippen LogP contribution >= 0.6 is 0 Å². The molecule has 0 atom stereocenters. The fourth-order valence-corrected chi connectivity index (χ4v) is 0.684. The van der Waals surface area contributed by atoms with Crippen LogP contribution in [0.2, 0.25) is 0 Å². The number of anilines is 1. The third-order valence-electron chi connectivity index (χ3n) is 1.32. The van der Waals surface area contributed by atoms with Gasteiger partial charge in [-0.05, 0) is 0 Å². The largest absolute Gasteiger partial charge is 0.471 e. The van der Waals surface area contributed by atoms with E-state index < -0.39 is 12.1 Å². The molecule has 0 aliphatic heterocycles. The van der Waals surface area contributed by atoms with Crippen LogP contribution in [-0.4, -0.2) is 21.9 Å². The van der Waals surface area contributed by atoms with E-state index in [4.69, 9.17) is 0 Å². The van der Waals surface area contributed by atoms with Crippen molar-refractivity contribution in [2.45, 2.75) is 6.18 Å². The molecule has 1 rings (SSSR count). The zero-order valence-electron chi connectivity index (χ0n) is 6.59. The minimum Gasteiger partial charge on any atom is -0.303 e. The lowest BCUT2D eigenvalue weighted by atomic mass is 10.5. The number of hydrogen-bond donors (Lipinski definition) is 1. The lowest BCUT2D eigenvalue weighted by molar-refractivity contribution is -0.167. The standard InChI is InChI=1S/C6H6F3N3O/c1-12-4(2-3-10-12)11-5(13)6(7,8)9/h2-3H,1H3,(H,11,13). The fourth-order valence-electron chi connectivity index (χ4n) is 0.684. The van der Waals surface area contributed by atoms with E-state index in [9.17, 15) is 18.0 Å². The number of nitrogens with one attached hydrogen (secondary N) is 1. The second-order valence-electron chi connectivity index (χ2n) is 2.29. The molecule has 0 saturated carbocycles. The van der Waals surface area contributed by atoms with Crippen LogP contribution in [0.25, 0.3) is 0 Å². The minimum absolute atomic E-state index is 0.00215. The molecule has 1 aromatic rings. The molecule has 0 bridgehead atoms. The molecule has 1 aromatic heterocycles. The number of halogens is 3. The van der Waals surface area contributed by atoms with E-state index in [0.29, 0.717) is 0 Å². The summed E-state index contributed by atoms with van der Waals surface area (Å²) in [5.74, 6) is -2.00. The highest BCUT2D eigenvalue weighted by Gasteiger charge is 2.39. The molecule has 7 heteroatoms. The topological polar surface area (TPSA) is 46.9 Å². The number of rotatable bonds is 1. The van der Waals surface area contributed by atoms with Crippen LogP contribution in [0.5, 0.6) is 0 Å². The van der Waals surface area contributed by atoms with Crippen molar-refractivity contribution in [3.63, 3.8) is 0 Å².